The van der Waals surface area contributed by atoms with Crippen LogP contribution in [0.3, 0.4) is 0 Å². The maximum absolute atomic E-state index is 12.2. The Bertz CT molecular complexity index is 857. The molecule has 1 aromatic heterocycles. The topological polar surface area (TPSA) is 47.4 Å². The number of benzene rings is 2. The molecule has 0 unspecified atom stereocenters. The van der Waals surface area contributed by atoms with Gasteiger partial charge in [0.1, 0.15) is 12.4 Å². The molecule has 3 rings (SSSR count). The van der Waals surface area contributed by atoms with Gasteiger partial charge < -0.3 is 9.64 Å². The van der Waals surface area contributed by atoms with E-state index in [1.54, 1.807) is 35.0 Å². The van der Waals surface area contributed by atoms with E-state index in [-0.39, 0.29) is 5.91 Å². The predicted molar refractivity (Wildman–Crippen MR) is 102 cm³/mol. The van der Waals surface area contributed by atoms with E-state index in [0.717, 1.165) is 17.0 Å². The average Bonchev–Trinajstić information content (AvgIpc) is 3.16. The van der Waals surface area contributed by atoms with Gasteiger partial charge in [0, 0.05) is 24.9 Å². The van der Waals surface area contributed by atoms with Crippen LogP contribution in [0.4, 0.5) is 0 Å². The summed E-state index contributed by atoms with van der Waals surface area (Å²) in [6, 6.07) is 19.4. The zero-order chi connectivity index (χ0) is 18.2. The van der Waals surface area contributed by atoms with E-state index >= 15 is 0 Å². The highest BCUT2D eigenvalue weighted by Gasteiger charge is 2.05. The van der Waals surface area contributed by atoms with E-state index in [9.17, 15) is 4.79 Å². The van der Waals surface area contributed by atoms with Gasteiger partial charge in [0.2, 0.25) is 5.91 Å². The Labute approximate surface area is 153 Å². The number of hydrogen-bond donors (Lipinski definition) is 0. The minimum atomic E-state index is -0.0749. The molecule has 5 heteroatoms. The fraction of sp³-hybridized carbons (Fsp3) is 0.143. The number of likely N-dealkylation sites (N-methyl/N-ethyl adjacent to an activating group) is 1. The zero-order valence-corrected chi connectivity index (χ0v) is 14.7. The van der Waals surface area contributed by atoms with Gasteiger partial charge in [-0.1, -0.05) is 36.4 Å². The Morgan fingerprint density at radius 2 is 1.81 bits per heavy atom. The van der Waals surface area contributed by atoms with Crippen molar-refractivity contribution in [1.29, 1.82) is 0 Å². The van der Waals surface area contributed by atoms with Crippen molar-refractivity contribution in [2.45, 2.75) is 0 Å². The van der Waals surface area contributed by atoms with Crippen LogP contribution in [0.5, 0.6) is 5.75 Å². The van der Waals surface area contributed by atoms with Gasteiger partial charge in [0.05, 0.1) is 18.4 Å². The van der Waals surface area contributed by atoms with Crippen LogP contribution in [-0.4, -0.2) is 40.8 Å². The minimum absolute atomic E-state index is 0.0749. The standard InChI is InChI=1S/C21H21N3O2/c1-23(14-15-26-20-10-6-3-7-11-20)21(25)13-12-18-16-22-24(17-18)19-8-4-2-5-9-19/h2-13,16-17H,14-15H2,1H3/b13-12+. The minimum Gasteiger partial charge on any atom is -0.492 e. The lowest BCUT2D eigenvalue weighted by Gasteiger charge is -2.15. The first kappa shape index (κ1) is 17.5. The molecule has 2 aromatic carbocycles. The van der Waals surface area contributed by atoms with Gasteiger partial charge in [0.25, 0.3) is 0 Å². The van der Waals surface area contributed by atoms with E-state index in [1.165, 1.54) is 0 Å². The number of aromatic nitrogens is 2. The van der Waals surface area contributed by atoms with Crippen LogP contribution in [-0.2, 0) is 4.79 Å². The molecule has 0 atom stereocenters. The van der Waals surface area contributed by atoms with Crippen molar-refractivity contribution >= 4 is 12.0 Å². The van der Waals surface area contributed by atoms with Crippen LogP contribution in [0.15, 0.2) is 79.1 Å². The molecule has 0 saturated heterocycles. The molecular formula is C21H21N3O2. The average molecular weight is 347 g/mol. The molecule has 5 nitrogen and oxygen atoms in total. The van der Waals surface area contributed by atoms with Gasteiger partial charge in [-0.2, -0.15) is 5.10 Å². The van der Waals surface area contributed by atoms with Crippen LogP contribution < -0.4 is 4.74 Å². The summed E-state index contributed by atoms with van der Waals surface area (Å²) in [5.74, 6) is 0.728. The van der Waals surface area contributed by atoms with Crippen molar-refractivity contribution in [2.24, 2.45) is 0 Å². The normalized spacial score (nSPS) is 10.8. The third-order valence-corrected chi connectivity index (χ3v) is 3.86. The number of carbonyl (C=O) groups is 1. The molecule has 0 bridgehead atoms. The Hall–Kier alpha value is -3.34. The molecule has 0 radical (unpaired) electrons. The van der Waals surface area contributed by atoms with Crippen LogP contribution in [0, 0.1) is 0 Å². The summed E-state index contributed by atoms with van der Waals surface area (Å²) in [6.45, 7) is 0.966. The number of carbonyl (C=O) groups excluding carboxylic acids is 1. The second-order valence-electron chi connectivity index (χ2n) is 5.81. The first-order valence-corrected chi connectivity index (χ1v) is 8.43. The first-order chi connectivity index (χ1) is 12.7. The van der Waals surface area contributed by atoms with Gasteiger partial charge in [-0.25, -0.2) is 4.68 Å². The highest BCUT2D eigenvalue weighted by atomic mass is 16.5. The summed E-state index contributed by atoms with van der Waals surface area (Å²) < 4.78 is 7.39. The van der Waals surface area contributed by atoms with Crippen LogP contribution >= 0.6 is 0 Å². The Morgan fingerprint density at radius 3 is 2.54 bits per heavy atom. The van der Waals surface area contributed by atoms with Gasteiger partial charge in [-0.3, -0.25) is 4.79 Å². The third kappa shape index (κ3) is 4.83. The zero-order valence-electron chi connectivity index (χ0n) is 14.7. The van der Waals surface area contributed by atoms with Crippen LogP contribution in [0.25, 0.3) is 11.8 Å². The number of nitrogens with zero attached hydrogens (tertiary/aromatic N) is 3. The molecule has 1 heterocycles. The molecule has 0 N–H and O–H groups in total. The molecule has 0 spiro atoms. The van der Waals surface area contributed by atoms with Gasteiger partial charge in [-0.05, 0) is 30.3 Å². The number of para-hydroxylation sites is 2. The number of rotatable bonds is 7. The van der Waals surface area contributed by atoms with E-state index < -0.39 is 0 Å². The molecule has 1 amide bonds. The highest BCUT2D eigenvalue weighted by Crippen LogP contribution is 2.09. The summed E-state index contributed by atoms with van der Waals surface area (Å²) in [6.07, 6.45) is 6.94. The lowest BCUT2D eigenvalue weighted by atomic mass is 10.3. The largest absolute Gasteiger partial charge is 0.492 e. The molecule has 26 heavy (non-hydrogen) atoms. The Balaban J connectivity index is 1.50. The van der Waals surface area contributed by atoms with Crippen molar-refractivity contribution in [3.05, 3.63) is 84.7 Å². The van der Waals surface area contributed by atoms with Gasteiger partial charge >= 0.3 is 0 Å². The smallest absolute Gasteiger partial charge is 0.246 e. The molecule has 0 saturated carbocycles. The number of ether oxygens (including phenoxy) is 1. The van der Waals surface area contributed by atoms with E-state index in [2.05, 4.69) is 5.10 Å². The lowest BCUT2D eigenvalue weighted by molar-refractivity contribution is -0.125. The van der Waals surface area contributed by atoms with E-state index in [4.69, 9.17) is 4.74 Å². The summed E-state index contributed by atoms with van der Waals surface area (Å²) in [5.41, 5.74) is 1.85. The van der Waals surface area contributed by atoms with Crippen molar-refractivity contribution < 1.29 is 9.53 Å². The highest BCUT2D eigenvalue weighted by molar-refractivity contribution is 5.91. The van der Waals surface area contributed by atoms with Crippen molar-refractivity contribution in [3.63, 3.8) is 0 Å². The summed E-state index contributed by atoms with van der Waals surface area (Å²) in [7, 11) is 1.76. The summed E-state index contributed by atoms with van der Waals surface area (Å²) >= 11 is 0. The Kier molecular flexibility index (Phi) is 5.83. The molecule has 3 aromatic rings. The maximum Gasteiger partial charge on any atom is 0.246 e. The SMILES string of the molecule is CN(CCOc1ccccc1)C(=O)/C=C/c1cnn(-c2ccccc2)c1. The quantitative estimate of drug-likeness (QED) is 0.615. The molecule has 132 valence electrons. The summed E-state index contributed by atoms with van der Waals surface area (Å²) in [4.78, 5) is 13.8. The maximum atomic E-state index is 12.2. The number of hydrogen-bond acceptors (Lipinski definition) is 3. The first-order valence-electron chi connectivity index (χ1n) is 8.43. The molecule has 0 fully saturated rings. The fourth-order valence-corrected chi connectivity index (χ4v) is 2.37. The Morgan fingerprint density at radius 1 is 1.12 bits per heavy atom. The second-order valence-corrected chi connectivity index (χ2v) is 5.81. The predicted octanol–water partition coefficient (Wildman–Crippen LogP) is 3.42. The third-order valence-electron chi connectivity index (χ3n) is 3.86. The van der Waals surface area contributed by atoms with Crippen molar-refractivity contribution in [2.75, 3.05) is 20.2 Å². The number of amides is 1. The van der Waals surface area contributed by atoms with Crippen LogP contribution in [0.2, 0.25) is 0 Å². The summed E-state index contributed by atoms with van der Waals surface area (Å²) in [5, 5.41) is 4.31. The fourth-order valence-electron chi connectivity index (χ4n) is 2.37. The van der Waals surface area contributed by atoms with E-state index in [0.29, 0.717) is 13.2 Å². The van der Waals surface area contributed by atoms with Crippen molar-refractivity contribution in [1.82, 2.24) is 14.7 Å². The molecular weight excluding hydrogens is 326 g/mol. The monoisotopic (exact) mass is 347 g/mol. The molecule has 0 aliphatic rings. The van der Waals surface area contributed by atoms with Crippen molar-refractivity contribution in [3.8, 4) is 11.4 Å². The lowest BCUT2D eigenvalue weighted by Crippen LogP contribution is -2.29. The molecule has 0 aliphatic carbocycles. The van der Waals surface area contributed by atoms with Gasteiger partial charge in [0.15, 0.2) is 0 Å². The second kappa shape index (κ2) is 8.67. The molecule has 0 aliphatic heterocycles. The van der Waals surface area contributed by atoms with Crippen LogP contribution in [0.1, 0.15) is 5.56 Å². The van der Waals surface area contributed by atoms with Gasteiger partial charge in [-0.15, -0.1) is 0 Å². The van der Waals surface area contributed by atoms with E-state index in [1.807, 2.05) is 66.9 Å².